The number of nitrogens with zero attached hydrogens (tertiary/aromatic N) is 1. The van der Waals surface area contributed by atoms with Crippen LogP contribution in [0.2, 0.25) is 0 Å². The molecule has 0 atom stereocenters. The number of rotatable bonds is 3. The molecule has 0 saturated heterocycles. The highest BCUT2D eigenvalue weighted by Gasteiger charge is 2.04. The van der Waals surface area contributed by atoms with Gasteiger partial charge in [0.15, 0.2) is 0 Å². The molecule has 90 valence electrons. The molecule has 18 heavy (non-hydrogen) atoms. The number of benzene rings is 1. The van der Waals surface area contributed by atoms with E-state index >= 15 is 0 Å². The summed E-state index contributed by atoms with van der Waals surface area (Å²) in [4.78, 5) is 4.29. The number of fused-ring (bicyclic) bond motifs is 1. The quantitative estimate of drug-likeness (QED) is 0.704. The lowest BCUT2D eigenvalue weighted by atomic mass is 10.1. The van der Waals surface area contributed by atoms with Crippen molar-refractivity contribution < 1.29 is 0 Å². The third-order valence-corrected chi connectivity index (χ3v) is 3.62. The molecule has 3 aromatic rings. The van der Waals surface area contributed by atoms with Gasteiger partial charge in [-0.1, -0.05) is 0 Å². The van der Waals surface area contributed by atoms with Crippen molar-refractivity contribution in [3.05, 3.63) is 52.9 Å². The van der Waals surface area contributed by atoms with E-state index in [9.17, 15) is 0 Å². The Balaban J connectivity index is 1.90. The van der Waals surface area contributed by atoms with Gasteiger partial charge in [-0.15, -0.1) is 0 Å². The maximum absolute atomic E-state index is 6.16. The van der Waals surface area contributed by atoms with Crippen LogP contribution in [0.5, 0.6) is 0 Å². The van der Waals surface area contributed by atoms with Crippen LogP contribution in [0.25, 0.3) is 10.9 Å². The van der Waals surface area contributed by atoms with E-state index in [4.69, 9.17) is 5.73 Å². The smallest absolute Gasteiger partial charge is 0.0724 e. The molecular formula is C14H13N3S. The summed E-state index contributed by atoms with van der Waals surface area (Å²) in [6, 6.07) is 9.98. The lowest BCUT2D eigenvalue weighted by Crippen LogP contribution is -2.02. The highest BCUT2D eigenvalue weighted by molar-refractivity contribution is 7.07. The van der Waals surface area contributed by atoms with E-state index in [1.54, 1.807) is 17.5 Å². The van der Waals surface area contributed by atoms with Gasteiger partial charge in [0.25, 0.3) is 0 Å². The molecule has 2 heterocycles. The number of nitrogen functional groups attached to an aromatic ring is 1. The number of anilines is 2. The molecule has 2 aromatic heterocycles. The monoisotopic (exact) mass is 255 g/mol. The van der Waals surface area contributed by atoms with E-state index in [1.807, 2.05) is 24.3 Å². The first kappa shape index (κ1) is 11.0. The first-order valence-electron chi connectivity index (χ1n) is 5.73. The Bertz CT molecular complexity index is 662. The van der Waals surface area contributed by atoms with Crippen LogP contribution in [0.4, 0.5) is 11.4 Å². The highest BCUT2D eigenvalue weighted by atomic mass is 32.1. The summed E-state index contributed by atoms with van der Waals surface area (Å²) < 4.78 is 0. The van der Waals surface area contributed by atoms with Gasteiger partial charge < -0.3 is 11.1 Å². The molecule has 0 radical (unpaired) electrons. The average molecular weight is 255 g/mol. The lowest BCUT2D eigenvalue weighted by molar-refractivity contribution is 1.17. The first-order valence-corrected chi connectivity index (χ1v) is 6.67. The summed E-state index contributed by atoms with van der Waals surface area (Å²) in [6.45, 7) is 0.791. The zero-order valence-corrected chi connectivity index (χ0v) is 10.6. The van der Waals surface area contributed by atoms with Gasteiger partial charge in [-0.3, -0.25) is 4.98 Å². The molecular weight excluding hydrogens is 242 g/mol. The van der Waals surface area contributed by atoms with Crippen molar-refractivity contribution in [2.75, 3.05) is 11.1 Å². The van der Waals surface area contributed by atoms with Crippen LogP contribution >= 0.6 is 11.3 Å². The van der Waals surface area contributed by atoms with Gasteiger partial charge in [-0.2, -0.15) is 11.3 Å². The van der Waals surface area contributed by atoms with Crippen LogP contribution in [0.15, 0.2) is 47.3 Å². The van der Waals surface area contributed by atoms with Crippen molar-refractivity contribution in [2.24, 2.45) is 0 Å². The molecule has 0 aliphatic carbocycles. The number of nitrogens with one attached hydrogen (secondary N) is 1. The summed E-state index contributed by atoms with van der Waals surface area (Å²) in [5, 5.41) is 8.56. The summed E-state index contributed by atoms with van der Waals surface area (Å²) in [5.74, 6) is 0. The van der Waals surface area contributed by atoms with Crippen LogP contribution in [0, 0.1) is 0 Å². The van der Waals surface area contributed by atoms with Crippen LogP contribution in [-0.2, 0) is 6.54 Å². The van der Waals surface area contributed by atoms with Crippen molar-refractivity contribution in [2.45, 2.75) is 6.54 Å². The molecule has 1 aromatic carbocycles. The molecule has 0 unspecified atom stereocenters. The molecule has 3 N–H and O–H groups in total. The van der Waals surface area contributed by atoms with Crippen molar-refractivity contribution in [1.82, 2.24) is 4.98 Å². The summed E-state index contributed by atoms with van der Waals surface area (Å²) in [6.07, 6.45) is 1.78. The van der Waals surface area contributed by atoms with Crippen LogP contribution in [0.3, 0.4) is 0 Å². The molecule has 4 heteroatoms. The van der Waals surface area contributed by atoms with Gasteiger partial charge in [-0.25, -0.2) is 0 Å². The molecule has 3 nitrogen and oxygen atoms in total. The van der Waals surface area contributed by atoms with E-state index in [0.29, 0.717) is 0 Å². The fourth-order valence-electron chi connectivity index (χ4n) is 1.92. The SMILES string of the molecule is Nc1c(NCc2ccsc2)ccc2ncccc12. The Morgan fingerprint density at radius 2 is 2.17 bits per heavy atom. The van der Waals surface area contributed by atoms with E-state index in [2.05, 4.69) is 27.1 Å². The maximum Gasteiger partial charge on any atom is 0.0724 e. The second-order valence-electron chi connectivity index (χ2n) is 4.08. The fraction of sp³-hybridized carbons (Fsp3) is 0.0714. The van der Waals surface area contributed by atoms with Crippen molar-refractivity contribution in [1.29, 1.82) is 0 Å². The topological polar surface area (TPSA) is 50.9 Å². The second-order valence-corrected chi connectivity index (χ2v) is 4.86. The summed E-state index contributed by atoms with van der Waals surface area (Å²) >= 11 is 1.70. The largest absolute Gasteiger partial charge is 0.397 e. The number of aromatic nitrogens is 1. The molecule has 0 aliphatic rings. The maximum atomic E-state index is 6.16. The summed E-state index contributed by atoms with van der Waals surface area (Å²) in [5.41, 5.74) is 10.1. The summed E-state index contributed by atoms with van der Waals surface area (Å²) in [7, 11) is 0. The van der Waals surface area contributed by atoms with E-state index in [-0.39, 0.29) is 0 Å². The minimum absolute atomic E-state index is 0.760. The van der Waals surface area contributed by atoms with Gasteiger partial charge in [0.1, 0.15) is 0 Å². The van der Waals surface area contributed by atoms with Gasteiger partial charge in [0, 0.05) is 18.1 Å². The number of nitrogens with two attached hydrogens (primary N) is 1. The lowest BCUT2D eigenvalue weighted by Gasteiger charge is -2.10. The Hall–Kier alpha value is -2.07. The fourth-order valence-corrected chi connectivity index (χ4v) is 2.59. The molecule has 0 aliphatic heterocycles. The van der Waals surface area contributed by atoms with Crippen molar-refractivity contribution in [3.63, 3.8) is 0 Å². The van der Waals surface area contributed by atoms with Gasteiger partial charge >= 0.3 is 0 Å². The van der Waals surface area contributed by atoms with Gasteiger partial charge in [-0.05, 0) is 46.7 Å². The zero-order valence-electron chi connectivity index (χ0n) is 9.76. The Morgan fingerprint density at radius 1 is 1.22 bits per heavy atom. The van der Waals surface area contributed by atoms with Gasteiger partial charge in [0.05, 0.1) is 16.9 Å². The first-order chi connectivity index (χ1) is 8.84. The standard InChI is InChI=1S/C14H13N3S/c15-14-11-2-1-6-16-12(11)3-4-13(14)17-8-10-5-7-18-9-10/h1-7,9,17H,8,15H2. The molecule has 3 rings (SSSR count). The number of thiophene rings is 1. The predicted octanol–water partition coefficient (Wildman–Crippen LogP) is 3.49. The number of hydrogen-bond donors (Lipinski definition) is 2. The molecule has 0 spiro atoms. The van der Waals surface area contributed by atoms with E-state index < -0.39 is 0 Å². The van der Waals surface area contributed by atoms with E-state index in [1.165, 1.54) is 5.56 Å². The van der Waals surface area contributed by atoms with Crippen LogP contribution < -0.4 is 11.1 Å². The van der Waals surface area contributed by atoms with Crippen LogP contribution in [0.1, 0.15) is 5.56 Å². The Morgan fingerprint density at radius 3 is 3.00 bits per heavy atom. The van der Waals surface area contributed by atoms with Crippen molar-refractivity contribution >= 4 is 33.6 Å². The third-order valence-electron chi connectivity index (χ3n) is 2.89. The number of pyridine rings is 1. The van der Waals surface area contributed by atoms with Crippen molar-refractivity contribution in [3.8, 4) is 0 Å². The van der Waals surface area contributed by atoms with Crippen LogP contribution in [-0.4, -0.2) is 4.98 Å². The molecule has 0 bridgehead atoms. The highest BCUT2D eigenvalue weighted by Crippen LogP contribution is 2.27. The minimum Gasteiger partial charge on any atom is -0.397 e. The number of hydrogen-bond acceptors (Lipinski definition) is 4. The zero-order chi connectivity index (χ0) is 12.4. The normalized spacial score (nSPS) is 10.7. The minimum atomic E-state index is 0.760. The predicted molar refractivity (Wildman–Crippen MR) is 77.8 cm³/mol. The van der Waals surface area contributed by atoms with Gasteiger partial charge in [0.2, 0.25) is 0 Å². The molecule has 0 saturated carbocycles. The average Bonchev–Trinajstić information content (AvgIpc) is 2.91. The third kappa shape index (κ3) is 2.02. The Kier molecular flexibility index (Phi) is 2.86. The molecule has 0 amide bonds. The van der Waals surface area contributed by atoms with E-state index in [0.717, 1.165) is 28.8 Å². The second kappa shape index (κ2) is 4.66. The molecule has 0 fully saturated rings. The Labute approximate surface area is 109 Å².